The van der Waals surface area contributed by atoms with Gasteiger partial charge in [0.2, 0.25) is 11.8 Å². The number of Topliss-reactive ketones (excluding diaryl/α,β-unsaturated/α-hetero) is 1. The maximum absolute atomic E-state index is 13.0. The molecule has 5 rings (SSSR count). The normalized spacial score (nSPS) is 26.3. The van der Waals surface area contributed by atoms with E-state index in [4.69, 9.17) is 4.74 Å². The average Bonchev–Trinajstić information content (AvgIpc) is 3.46. The summed E-state index contributed by atoms with van der Waals surface area (Å²) < 4.78 is 18.1. The topological polar surface area (TPSA) is 80.8 Å². The van der Waals surface area contributed by atoms with Crippen LogP contribution in [0.1, 0.15) is 40.0 Å². The van der Waals surface area contributed by atoms with Crippen LogP contribution in [-0.4, -0.2) is 30.2 Å². The van der Waals surface area contributed by atoms with Gasteiger partial charge in [0.1, 0.15) is 5.82 Å². The monoisotopic (exact) mass is 421 g/mol. The molecule has 0 aromatic heterocycles. The molecular weight excluding hydrogens is 401 g/mol. The van der Waals surface area contributed by atoms with Crippen LogP contribution in [0.15, 0.2) is 48.5 Å². The van der Waals surface area contributed by atoms with E-state index in [-0.39, 0.29) is 46.6 Å². The highest BCUT2D eigenvalue weighted by atomic mass is 19.1. The number of rotatable bonds is 5. The van der Waals surface area contributed by atoms with Crippen molar-refractivity contribution in [1.82, 2.24) is 0 Å². The van der Waals surface area contributed by atoms with Crippen molar-refractivity contribution in [2.75, 3.05) is 11.5 Å². The van der Waals surface area contributed by atoms with Crippen molar-refractivity contribution in [2.24, 2.45) is 23.7 Å². The van der Waals surface area contributed by atoms with Crippen molar-refractivity contribution in [3.63, 3.8) is 0 Å². The fourth-order valence-corrected chi connectivity index (χ4v) is 5.37. The van der Waals surface area contributed by atoms with Crippen molar-refractivity contribution in [1.29, 1.82) is 0 Å². The van der Waals surface area contributed by atoms with Crippen molar-refractivity contribution in [3.8, 4) is 0 Å². The number of hydrogen-bond acceptors (Lipinski definition) is 5. The third kappa shape index (κ3) is 3.24. The molecule has 0 radical (unpaired) electrons. The Bertz CT molecular complexity index is 1070. The van der Waals surface area contributed by atoms with Crippen LogP contribution in [0.2, 0.25) is 0 Å². The van der Waals surface area contributed by atoms with Crippen molar-refractivity contribution < 1.29 is 28.3 Å². The fourth-order valence-electron chi connectivity index (χ4n) is 5.37. The molecule has 3 fully saturated rings. The van der Waals surface area contributed by atoms with E-state index in [1.54, 1.807) is 12.1 Å². The van der Waals surface area contributed by atoms with Gasteiger partial charge in [-0.15, -0.1) is 0 Å². The van der Waals surface area contributed by atoms with Gasteiger partial charge < -0.3 is 4.74 Å². The molecule has 0 N–H and O–H groups in total. The predicted molar refractivity (Wildman–Crippen MR) is 108 cm³/mol. The number of hydrogen-bond donors (Lipinski definition) is 0. The summed E-state index contributed by atoms with van der Waals surface area (Å²) in [7, 11) is 0. The van der Waals surface area contributed by atoms with E-state index in [0.29, 0.717) is 5.69 Å². The minimum atomic E-state index is -0.739. The van der Waals surface area contributed by atoms with Gasteiger partial charge in [-0.1, -0.05) is 6.07 Å². The zero-order valence-electron chi connectivity index (χ0n) is 16.6. The van der Waals surface area contributed by atoms with Crippen LogP contribution in [0, 0.1) is 29.5 Å². The number of amides is 2. The summed E-state index contributed by atoms with van der Waals surface area (Å²) in [6.45, 7) is -0.496. The Hall–Kier alpha value is -3.35. The van der Waals surface area contributed by atoms with Crippen LogP contribution in [0.5, 0.6) is 0 Å². The van der Waals surface area contributed by atoms with Gasteiger partial charge in [-0.25, -0.2) is 9.18 Å². The van der Waals surface area contributed by atoms with Crippen molar-refractivity contribution in [3.05, 3.63) is 65.5 Å². The lowest BCUT2D eigenvalue weighted by atomic mass is 9.81. The maximum Gasteiger partial charge on any atom is 0.338 e. The summed E-state index contributed by atoms with van der Waals surface area (Å²) in [5, 5.41) is 0. The lowest BCUT2D eigenvalue weighted by Gasteiger charge is -2.19. The van der Waals surface area contributed by atoms with E-state index in [9.17, 15) is 23.6 Å². The van der Waals surface area contributed by atoms with E-state index in [1.807, 2.05) is 0 Å². The van der Waals surface area contributed by atoms with Gasteiger partial charge in [-0.2, -0.15) is 0 Å². The molecule has 2 bridgehead atoms. The number of esters is 1. The number of imide groups is 1. The Labute approximate surface area is 178 Å². The van der Waals surface area contributed by atoms with Crippen LogP contribution < -0.4 is 4.90 Å². The summed E-state index contributed by atoms with van der Waals surface area (Å²) in [6, 6.07) is 11.1. The number of benzene rings is 2. The second kappa shape index (κ2) is 7.41. The van der Waals surface area contributed by atoms with Crippen LogP contribution in [0.3, 0.4) is 0 Å². The molecule has 0 spiro atoms. The first-order chi connectivity index (χ1) is 14.9. The molecule has 2 saturated carbocycles. The Morgan fingerprint density at radius 1 is 0.935 bits per heavy atom. The third-order valence-corrected chi connectivity index (χ3v) is 6.77. The molecular formula is C24H20FNO5. The van der Waals surface area contributed by atoms with Crippen molar-refractivity contribution in [2.45, 2.75) is 19.3 Å². The lowest BCUT2D eigenvalue weighted by Crippen LogP contribution is -2.32. The third-order valence-electron chi connectivity index (χ3n) is 6.77. The minimum Gasteiger partial charge on any atom is -0.454 e. The number of fused-ring (bicyclic) bond motifs is 5. The molecule has 0 unspecified atom stereocenters. The average molecular weight is 421 g/mol. The Kier molecular flexibility index (Phi) is 4.68. The lowest BCUT2D eigenvalue weighted by molar-refractivity contribution is -0.123. The first kappa shape index (κ1) is 19.6. The van der Waals surface area contributed by atoms with E-state index < -0.39 is 24.2 Å². The van der Waals surface area contributed by atoms with Gasteiger partial charge in [0, 0.05) is 5.56 Å². The highest BCUT2D eigenvalue weighted by Gasteiger charge is 2.61. The molecule has 6 nitrogen and oxygen atoms in total. The Morgan fingerprint density at radius 3 is 2.23 bits per heavy atom. The summed E-state index contributed by atoms with van der Waals surface area (Å²) in [5.41, 5.74) is 0.727. The van der Waals surface area contributed by atoms with Crippen LogP contribution in [0.25, 0.3) is 0 Å². The minimum absolute atomic E-state index is 0.144. The second-order valence-corrected chi connectivity index (χ2v) is 8.45. The molecule has 1 heterocycles. The van der Waals surface area contributed by atoms with Crippen LogP contribution >= 0.6 is 0 Å². The molecule has 31 heavy (non-hydrogen) atoms. The number of ether oxygens (including phenoxy) is 1. The maximum atomic E-state index is 13.0. The summed E-state index contributed by atoms with van der Waals surface area (Å²) >= 11 is 0. The number of nitrogens with zero attached hydrogens (tertiary/aromatic N) is 1. The smallest absolute Gasteiger partial charge is 0.338 e. The molecule has 2 amide bonds. The quantitative estimate of drug-likeness (QED) is 0.420. The Morgan fingerprint density at radius 2 is 1.58 bits per heavy atom. The fraction of sp³-hybridized carbons (Fsp3) is 0.333. The van der Waals surface area contributed by atoms with Crippen LogP contribution in [0.4, 0.5) is 10.1 Å². The SMILES string of the molecule is O=C(COC(=O)c1cccc(N2C(=O)[C@@H]3[C@@H]4CC[C@@H](C4)[C@@H]3C2=O)c1)c1ccc(F)cc1. The number of carbonyl (C=O) groups is 4. The van der Waals surface area contributed by atoms with Gasteiger partial charge in [0.05, 0.1) is 23.1 Å². The van der Waals surface area contributed by atoms with Gasteiger partial charge in [-0.05, 0) is 73.6 Å². The Balaban J connectivity index is 1.29. The second-order valence-electron chi connectivity index (χ2n) is 8.45. The highest BCUT2D eigenvalue weighted by Crippen LogP contribution is 2.56. The molecule has 1 aliphatic heterocycles. The zero-order chi connectivity index (χ0) is 21.7. The number of halogens is 1. The standard InChI is InChI=1S/C24H20FNO5/c25-17-8-6-13(7-9-17)19(27)12-31-24(30)16-2-1-3-18(11-16)26-22(28)20-14-4-5-15(10-14)21(20)23(26)29/h1-3,6-9,11,14-15,20-21H,4-5,10,12H2/t14-,15+,20-,21+. The van der Waals surface area contributed by atoms with E-state index in [0.717, 1.165) is 31.4 Å². The van der Waals surface area contributed by atoms with E-state index >= 15 is 0 Å². The number of anilines is 1. The molecule has 158 valence electrons. The van der Waals surface area contributed by atoms with E-state index in [1.165, 1.54) is 29.2 Å². The van der Waals surface area contributed by atoms with Gasteiger partial charge in [0.25, 0.3) is 0 Å². The molecule has 2 aliphatic carbocycles. The molecule has 4 atom stereocenters. The summed E-state index contributed by atoms with van der Waals surface area (Å²) in [4.78, 5) is 51.8. The van der Waals surface area contributed by atoms with Gasteiger partial charge in [-0.3, -0.25) is 19.3 Å². The number of carbonyl (C=O) groups excluding carboxylic acids is 4. The summed E-state index contributed by atoms with van der Waals surface area (Å²) in [5.74, 6) is -1.95. The zero-order valence-corrected chi connectivity index (χ0v) is 16.6. The van der Waals surface area contributed by atoms with E-state index in [2.05, 4.69) is 0 Å². The molecule has 7 heteroatoms. The molecule has 2 aromatic rings. The molecule has 2 aromatic carbocycles. The number of ketones is 1. The molecule has 3 aliphatic rings. The van der Waals surface area contributed by atoms with Gasteiger partial charge in [0.15, 0.2) is 12.4 Å². The van der Waals surface area contributed by atoms with Gasteiger partial charge >= 0.3 is 5.97 Å². The first-order valence-electron chi connectivity index (χ1n) is 10.4. The first-order valence-corrected chi connectivity index (χ1v) is 10.4. The highest BCUT2D eigenvalue weighted by molar-refractivity contribution is 6.22. The predicted octanol–water partition coefficient (Wildman–Crippen LogP) is 3.40. The molecule has 1 saturated heterocycles. The van der Waals surface area contributed by atoms with Crippen molar-refractivity contribution >= 4 is 29.3 Å². The summed E-state index contributed by atoms with van der Waals surface area (Å²) in [6.07, 6.45) is 2.94. The largest absolute Gasteiger partial charge is 0.454 e. The van der Waals surface area contributed by atoms with Crippen LogP contribution in [-0.2, 0) is 14.3 Å².